The summed E-state index contributed by atoms with van der Waals surface area (Å²) in [7, 11) is 0. The number of amides is 1. The lowest BCUT2D eigenvalue weighted by atomic mass is 10.1. The van der Waals surface area contributed by atoms with Gasteiger partial charge in [-0.1, -0.05) is 18.2 Å². The molecule has 3 nitrogen and oxygen atoms in total. The van der Waals surface area contributed by atoms with Crippen molar-refractivity contribution in [1.82, 2.24) is 4.98 Å². The molecule has 1 fully saturated rings. The van der Waals surface area contributed by atoms with Crippen LogP contribution in [0.1, 0.15) is 29.9 Å². The Labute approximate surface area is 111 Å². The van der Waals surface area contributed by atoms with Crippen LogP contribution in [0, 0.1) is 0 Å². The van der Waals surface area contributed by atoms with E-state index in [1.807, 2.05) is 24.4 Å². The molecule has 3 heteroatoms. The molecule has 2 aliphatic rings. The van der Waals surface area contributed by atoms with E-state index in [2.05, 4.69) is 22.4 Å². The first-order valence-corrected chi connectivity index (χ1v) is 6.69. The predicted molar refractivity (Wildman–Crippen MR) is 74.0 cm³/mol. The minimum atomic E-state index is 0.0733. The molecule has 1 saturated carbocycles. The van der Waals surface area contributed by atoms with Crippen LogP contribution in [0.2, 0.25) is 0 Å². The standard InChI is InChI=1S/C16H14N2O/c19-16-8-12-4-3-11(7-15(12)18-16)14-6-5-13(9-17-14)10-1-2-10/h3-7,9-10H,1-2,8H2,(H,18,19). The normalized spacial score (nSPS) is 17.2. The number of anilines is 1. The Balaban J connectivity index is 1.68. The highest BCUT2D eigenvalue weighted by atomic mass is 16.1. The molecule has 1 amide bonds. The average Bonchev–Trinajstić information content (AvgIpc) is 3.20. The van der Waals surface area contributed by atoms with Gasteiger partial charge < -0.3 is 5.32 Å². The number of hydrogen-bond donors (Lipinski definition) is 1. The highest BCUT2D eigenvalue weighted by Crippen LogP contribution is 2.40. The van der Waals surface area contributed by atoms with E-state index >= 15 is 0 Å². The molecule has 0 spiro atoms. The molecule has 1 aliphatic carbocycles. The molecule has 0 radical (unpaired) electrons. The molecule has 4 rings (SSSR count). The zero-order chi connectivity index (χ0) is 12.8. The van der Waals surface area contributed by atoms with Crippen LogP contribution in [-0.4, -0.2) is 10.9 Å². The first-order valence-electron chi connectivity index (χ1n) is 6.69. The molecule has 2 aromatic rings. The summed E-state index contributed by atoms with van der Waals surface area (Å²) in [5.41, 5.74) is 5.37. The lowest BCUT2D eigenvalue weighted by Crippen LogP contribution is -2.03. The van der Waals surface area contributed by atoms with Gasteiger partial charge in [0.2, 0.25) is 5.91 Å². The minimum Gasteiger partial charge on any atom is -0.326 e. The van der Waals surface area contributed by atoms with Crippen LogP contribution in [-0.2, 0) is 11.2 Å². The molecule has 1 aromatic heterocycles. The number of aromatic nitrogens is 1. The first kappa shape index (κ1) is 10.7. The number of fused-ring (bicyclic) bond motifs is 1. The molecule has 19 heavy (non-hydrogen) atoms. The van der Waals surface area contributed by atoms with E-state index in [4.69, 9.17) is 0 Å². The molecule has 0 unspecified atom stereocenters. The third-order valence-electron chi connectivity index (χ3n) is 3.87. The summed E-state index contributed by atoms with van der Waals surface area (Å²) in [4.78, 5) is 15.9. The summed E-state index contributed by atoms with van der Waals surface area (Å²) in [6.45, 7) is 0. The van der Waals surface area contributed by atoms with Crippen LogP contribution in [0.4, 0.5) is 5.69 Å². The second-order valence-corrected chi connectivity index (χ2v) is 5.35. The molecule has 0 atom stereocenters. The zero-order valence-electron chi connectivity index (χ0n) is 10.5. The number of pyridine rings is 1. The van der Waals surface area contributed by atoms with Gasteiger partial charge in [-0.05, 0) is 42.0 Å². The zero-order valence-corrected chi connectivity index (χ0v) is 10.5. The number of carbonyl (C=O) groups excluding carboxylic acids is 1. The summed E-state index contributed by atoms with van der Waals surface area (Å²) in [5, 5.41) is 2.88. The van der Waals surface area contributed by atoms with E-state index in [1.54, 1.807) is 0 Å². The highest BCUT2D eigenvalue weighted by Gasteiger charge is 2.23. The van der Waals surface area contributed by atoms with E-state index < -0.39 is 0 Å². The van der Waals surface area contributed by atoms with Gasteiger partial charge in [0, 0.05) is 17.4 Å². The van der Waals surface area contributed by atoms with Crippen molar-refractivity contribution in [3.05, 3.63) is 47.7 Å². The van der Waals surface area contributed by atoms with Crippen molar-refractivity contribution < 1.29 is 4.79 Å². The molecule has 94 valence electrons. The van der Waals surface area contributed by atoms with E-state index in [9.17, 15) is 4.79 Å². The van der Waals surface area contributed by atoms with Crippen molar-refractivity contribution in [2.75, 3.05) is 5.32 Å². The summed E-state index contributed by atoms with van der Waals surface area (Å²) in [5.74, 6) is 0.810. The van der Waals surface area contributed by atoms with Crippen LogP contribution in [0.3, 0.4) is 0 Å². The van der Waals surface area contributed by atoms with Gasteiger partial charge in [-0.15, -0.1) is 0 Å². The maximum absolute atomic E-state index is 11.3. The first-order chi connectivity index (χ1) is 9.29. The number of nitrogens with zero attached hydrogens (tertiary/aromatic N) is 1. The fourth-order valence-corrected chi connectivity index (χ4v) is 2.61. The number of nitrogens with one attached hydrogen (secondary N) is 1. The van der Waals surface area contributed by atoms with Crippen molar-refractivity contribution >= 4 is 11.6 Å². The lowest BCUT2D eigenvalue weighted by Gasteiger charge is -2.05. The molecule has 2 heterocycles. The van der Waals surface area contributed by atoms with Crippen molar-refractivity contribution in [3.63, 3.8) is 0 Å². The van der Waals surface area contributed by atoms with Gasteiger partial charge in [0.25, 0.3) is 0 Å². The Morgan fingerprint density at radius 2 is 2.05 bits per heavy atom. The molecule has 0 saturated heterocycles. The Morgan fingerprint density at radius 1 is 1.16 bits per heavy atom. The van der Waals surface area contributed by atoms with Gasteiger partial charge in [-0.2, -0.15) is 0 Å². The fraction of sp³-hybridized carbons (Fsp3) is 0.250. The molecule has 1 N–H and O–H groups in total. The molecule has 1 aromatic carbocycles. The fourth-order valence-electron chi connectivity index (χ4n) is 2.61. The summed E-state index contributed by atoms with van der Waals surface area (Å²) < 4.78 is 0. The maximum atomic E-state index is 11.3. The third-order valence-corrected chi connectivity index (χ3v) is 3.87. The number of rotatable bonds is 2. The number of hydrogen-bond acceptors (Lipinski definition) is 2. The van der Waals surface area contributed by atoms with E-state index in [0.717, 1.165) is 28.4 Å². The van der Waals surface area contributed by atoms with Crippen LogP contribution in [0.15, 0.2) is 36.5 Å². The molecular formula is C16H14N2O. The lowest BCUT2D eigenvalue weighted by molar-refractivity contribution is -0.115. The van der Waals surface area contributed by atoms with Crippen molar-refractivity contribution in [2.24, 2.45) is 0 Å². The molecule has 0 bridgehead atoms. The Morgan fingerprint density at radius 3 is 2.79 bits per heavy atom. The van der Waals surface area contributed by atoms with Crippen LogP contribution in [0.5, 0.6) is 0 Å². The number of benzene rings is 1. The largest absolute Gasteiger partial charge is 0.326 e. The SMILES string of the molecule is O=C1Cc2ccc(-c3ccc(C4CC4)cn3)cc2N1. The van der Waals surface area contributed by atoms with Crippen molar-refractivity contribution in [2.45, 2.75) is 25.2 Å². The Kier molecular flexibility index (Phi) is 2.21. The maximum Gasteiger partial charge on any atom is 0.228 e. The Bertz CT molecular complexity index is 657. The molecular weight excluding hydrogens is 236 g/mol. The van der Waals surface area contributed by atoms with Gasteiger partial charge in [0.15, 0.2) is 0 Å². The highest BCUT2D eigenvalue weighted by molar-refractivity contribution is 5.99. The van der Waals surface area contributed by atoms with Gasteiger partial charge in [0.1, 0.15) is 0 Å². The minimum absolute atomic E-state index is 0.0733. The predicted octanol–water partition coefficient (Wildman–Crippen LogP) is 3.12. The quantitative estimate of drug-likeness (QED) is 0.889. The van der Waals surface area contributed by atoms with Crippen molar-refractivity contribution in [3.8, 4) is 11.3 Å². The topological polar surface area (TPSA) is 42.0 Å². The number of carbonyl (C=O) groups is 1. The van der Waals surface area contributed by atoms with E-state index in [1.165, 1.54) is 18.4 Å². The van der Waals surface area contributed by atoms with Gasteiger partial charge in [0.05, 0.1) is 12.1 Å². The summed E-state index contributed by atoms with van der Waals surface area (Å²) >= 11 is 0. The Hall–Kier alpha value is -2.16. The van der Waals surface area contributed by atoms with E-state index in [0.29, 0.717) is 6.42 Å². The van der Waals surface area contributed by atoms with Gasteiger partial charge >= 0.3 is 0 Å². The average molecular weight is 250 g/mol. The van der Waals surface area contributed by atoms with Gasteiger partial charge in [-0.25, -0.2) is 0 Å². The third kappa shape index (κ3) is 1.91. The van der Waals surface area contributed by atoms with Gasteiger partial charge in [-0.3, -0.25) is 9.78 Å². The van der Waals surface area contributed by atoms with Crippen LogP contribution in [0.25, 0.3) is 11.3 Å². The van der Waals surface area contributed by atoms with E-state index in [-0.39, 0.29) is 5.91 Å². The second kappa shape index (κ2) is 3.92. The second-order valence-electron chi connectivity index (χ2n) is 5.35. The van der Waals surface area contributed by atoms with Crippen LogP contribution >= 0.6 is 0 Å². The summed E-state index contributed by atoms with van der Waals surface area (Å²) in [6, 6.07) is 10.3. The van der Waals surface area contributed by atoms with Crippen molar-refractivity contribution in [1.29, 1.82) is 0 Å². The van der Waals surface area contributed by atoms with Crippen LogP contribution < -0.4 is 5.32 Å². The smallest absolute Gasteiger partial charge is 0.228 e. The summed E-state index contributed by atoms with van der Waals surface area (Å²) in [6.07, 6.45) is 5.07. The monoisotopic (exact) mass is 250 g/mol. The molecule has 1 aliphatic heterocycles.